The number of carbonyl (C=O) groups is 2. The average molecular weight is 591 g/mol. The summed E-state index contributed by atoms with van der Waals surface area (Å²) >= 11 is 12.3. The molecule has 0 aliphatic carbocycles. The van der Waals surface area contributed by atoms with Gasteiger partial charge in [0.1, 0.15) is 0 Å². The molecule has 0 saturated carbocycles. The van der Waals surface area contributed by atoms with Gasteiger partial charge in [0.15, 0.2) is 0 Å². The molecule has 0 spiro atoms. The van der Waals surface area contributed by atoms with Crippen LogP contribution in [-0.4, -0.2) is 47.1 Å². The van der Waals surface area contributed by atoms with Gasteiger partial charge in [-0.2, -0.15) is 0 Å². The SMILES string of the molecule is O=C(c1ccc2c(c1)N(Cc1cccc(Cl)c1)C(=O)c1ccccc1S2=O)N1CCN(c2ccc(Cl)cc2)CC1. The zero-order valence-electron chi connectivity index (χ0n) is 21.4. The first kappa shape index (κ1) is 26.6. The quantitative estimate of drug-likeness (QED) is 0.281. The number of amides is 2. The Balaban J connectivity index is 1.32. The fourth-order valence-electron chi connectivity index (χ4n) is 5.17. The van der Waals surface area contributed by atoms with Gasteiger partial charge in [0.25, 0.3) is 11.8 Å². The van der Waals surface area contributed by atoms with Crippen LogP contribution in [-0.2, 0) is 17.3 Å². The lowest BCUT2D eigenvalue weighted by Crippen LogP contribution is -2.48. The molecular weight excluding hydrogens is 565 g/mol. The molecule has 0 radical (unpaired) electrons. The Bertz CT molecular complexity index is 1640. The van der Waals surface area contributed by atoms with Crippen molar-refractivity contribution in [1.29, 1.82) is 0 Å². The lowest BCUT2D eigenvalue weighted by Gasteiger charge is -2.36. The van der Waals surface area contributed by atoms with E-state index in [2.05, 4.69) is 4.90 Å². The summed E-state index contributed by atoms with van der Waals surface area (Å²) in [6.07, 6.45) is 0. The van der Waals surface area contributed by atoms with Crippen LogP contribution in [0.3, 0.4) is 0 Å². The van der Waals surface area contributed by atoms with Gasteiger partial charge in [-0.1, -0.05) is 47.5 Å². The average Bonchev–Trinajstić information content (AvgIpc) is 3.06. The molecule has 4 aromatic rings. The van der Waals surface area contributed by atoms with Crippen molar-refractivity contribution < 1.29 is 13.8 Å². The number of fused-ring (bicyclic) bond motifs is 2. The Hall–Kier alpha value is -3.65. The van der Waals surface area contributed by atoms with Crippen LogP contribution >= 0.6 is 23.2 Å². The van der Waals surface area contributed by atoms with Crippen molar-refractivity contribution in [1.82, 2.24) is 4.90 Å². The lowest BCUT2D eigenvalue weighted by atomic mass is 10.1. The third-order valence-electron chi connectivity index (χ3n) is 7.25. The van der Waals surface area contributed by atoms with Gasteiger partial charge in [-0.15, -0.1) is 0 Å². The number of hydrogen-bond donors (Lipinski definition) is 0. The molecule has 4 aromatic carbocycles. The van der Waals surface area contributed by atoms with E-state index in [0.717, 1.165) is 11.3 Å². The smallest absolute Gasteiger partial charge is 0.259 e. The van der Waals surface area contributed by atoms with Crippen LogP contribution in [0.5, 0.6) is 0 Å². The van der Waals surface area contributed by atoms with E-state index < -0.39 is 10.8 Å². The molecule has 0 aromatic heterocycles. The van der Waals surface area contributed by atoms with E-state index in [-0.39, 0.29) is 18.4 Å². The minimum absolute atomic E-state index is 0.124. The molecule has 1 saturated heterocycles. The van der Waals surface area contributed by atoms with Crippen LogP contribution in [0, 0.1) is 0 Å². The van der Waals surface area contributed by atoms with E-state index in [1.807, 2.05) is 41.3 Å². The van der Waals surface area contributed by atoms with Gasteiger partial charge >= 0.3 is 0 Å². The minimum Gasteiger partial charge on any atom is -0.368 e. The summed E-state index contributed by atoms with van der Waals surface area (Å²) in [5.74, 6) is -0.398. The minimum atomic E-state index is -1.59. The Morgan fingerprint density at radius 3 is 2.27 bits per heavy atom. The van der Waals surface area contributed by atoms with Gasteiger partial charge in [0, 0.05) is 47.5 Å². The van der Waals surface area contributed by atoms with Gasteiger partial charge in [-0.05, 0) is 72.3 Å². The number of carbonyl (C=O) groups excluding carboxylic acids is 2. The van der Waals surface area contributed by atoms with Crippen molar-refractivity contribution in [3.63, 3.8) is 0 Å². The predicted octanol–water partition coefficient (Wildman–Crippen LogP) is 6.28. The number of nitrogens with zero attached hydrogens (tertiary/aromatic N) is 3. The van der Waals surface area contributed by atoms with Crippen LogP contribution in [0.25, 0.3) is 0 Å². The highest BCUT2D eigenvalue weighted by Gasteiger charge is 2.32. The first-order valence-electron chi connectivity index (χ1n) is 12.9. The normalized spacial score (nSPS) is 16.8. The summed E-state index contributed by atoms with van der Waals surface area (Å²) in [5, 5.41) is 1.25. The summed E-state index contributed by atoms with van der Waals surface area (Å²) < 4.78 is 13.7. The molecule has 1 unspecified atom stereocenters. The van der Waals surface area contributed by atoms with Crippen LogP contribution in [0.4, 0.5) is 11.4 Å². The second kappa shape index (κ2) is 11.1. The fraction of sp³-hybridized carbons (Fsp3) is 0.161. The molecule has 6 rings (SSSR count). The highest BCUT2D eigenvalue weighted by Crippen LogP contribution is 2.36. The highest BCUT2D eigenvalue weighted by molar-refractivity contribution is 7.85. The van der Waals surface area contributed by atoms with E-state index >= 15 is 0 Å². The molecule has 6 nitrogen and oxygen atoms in total. The van der Waals surface area contributed by atoms with Gasteiger partial charge in [-0.25, -0.2) is 4.21 Å². The molecule has 1 fully saturated rings. The number of hydrogen-bond acceptors (Lipinski definition) is 4. The number of halogens is 2. The second-order valence-corrected chi connectivity index (χ2v) is 12.0. The second-order valence-electron chi connectivity index (χ2n) is 9.72. The molecule has 1 atom stereocenters. The Morgan fingerprint density at radius 1 is 0.775 bits per heavy atom. The lowest BCUT2D eigenvalue weighted by molar-refractivity contribution is 0.0746. The standard InChI is InChI=1S/C31H25Cl2N3O3S/c32-23-9-11-25(12-10-23)34-14-16-35(17-15-34)30(37)22-8-13-29-27(19-22)36(20-21-4-3-5-24(33)18-21)31(38)26-6-1-2-7-28(26)40(29)39/h1-13,18-19H,14-17,20H2. The molecule has 2 heterocycles. The van der Waals surface area contributed by atoms with Crippen LogP contribution < -0.4 is 9.80 Å². The van der Waals surface area contributed by atoms with E-state index in [1.54, 1.807) is 59.5 Å². The first-order valence-corrected chi connectivity index (χ1v) is 14.8. The zero-order valence-corrected chi connectivity index (χ0v) is 23.8. The predicted molar refractivity (Wildman–Crippen MR) is 159 cm³/mol. The largest absolute Gasteiger partial charge is 0.368 e. The van der Waals surface area contributed by atoms with Crippen LogP contribution in [0.2, 0.25) is 10.0 Å². The van der Waals surface area contributed by atoms with Gasteiger partial charge < -0.3 is 14.7 Å². The van der Waals surface area contributed by atoms with E-state index in [0.29, 0.717) is 62.8 Å². The van der Waals surface area contributed by atoms with Crippen molar-refractivity contribution in [2.45, 2.75) is 16.3 Å². The number of benzene rings is 4. The fourth-order valence-corrected chi connectivity index (χ4v) is 6.86. The Kier molecular flexibility index (Phi) is 7.36. The van der Waals surface area contributed by atoms with Gasteiger partial charge in [0.05, 0.1) is 38.4 Å². The van der Waals surface area contributed by atoms with Crippen LogP contribution in [0.1, 0.15) is 26.3 Å². The third kappa shape index (κ3) is 5.12. The van der Waals surface area contributed by atoms with Crippen molar-refractivity contribution >= 4 is 57.2 Å². The number of anilines is 2. The molecule has 9 heteroatoms. The van der Waals surface area contributed by atoms with Crippen molar-refractivity contribution in [2.75, 3.05) is 36.0 Å². The molecule has 0 bridgehead atoms. The van der Waals surface area contributed by atoms with E-state index in [1.165, 1.54) is 0 Å². The summed E-state index contributed by atoms with van der Waals surface area (Å²) in [5.41, 5.74) is 3.19. The summed E-state index contributed by atoms with van der Waals surface area (Å²) in [7, 11) is -1.59. The Labute approximate surface area is 245 Å². The topological polar surface area (TPSA) is 60.9 Å². The number of rotatable bonds is 4. The molecule has 0 N–H and O–H groups in total. The maximum atomic E-state index is 13.9. The molecular formula is C31H25Cl2N3O3S. The van der Waals surface area contributed by atoms with Crippen LogP contribution in [0.15, 0.2) is 101 Å². The van der Waals surface area contributed by atoms with Gasteiger partial charge in [0.2, 0.25) is 0 Å². The molecule has 2 aliphatic rings. The molecule has 2 amide bonds. The van der Waals surface area contributed by atoms with E-state index in [4.69, 9.17) is 23.2 Å². The summed E-state index contributed by atoms with van der Waals surface area (Å²) in [4.78, 5) is 34.1. The van der Waals surface area contributed by atoms with Crippen molar-refractivity contribution in [3.05, 3.63) is 118 Å². The maximum Gasteiger partial charge on any atom is 0.259 e. The maximum absolute atomic E-state index is 13.9. The monoisotopic (exact) mass is 589 g/mol. The number of piperazine rings is 1. The Morgan fingerprint density at radius 2 is 1.52 bits per heavy atom. The van der Waals surface area contributed by atoms with Crippen molar-refractivity contribution in [3.8, 4) is 0 Å². The first-order chi connectivity index (χ1) is 19.4. The van der Waals surface area contributed by atoms with E-state index in [9.17, 15) is 13.8 Å². The summed E-state index contributed by atoms with van der Waals surface area (Å²) in [6.45, 7) is 2.71. The molecule has 2 aliphatic heterocycles. The van der Waals surface area contributed by atoms with Crippen molar-refractivity contribution in [2.24, 2.45) is 0 Å². The summed E-state index contributed by atoms with van der Waals surface area (Å²) in [6, 6.07) is 27.1. The van der Waals surface area contributed by atoms with Gasteiger partial charge in [-0.3, -0.25) is 9.59 Å². The highest BCUT2D eigenvalue weighted by atomic mass is 35.5. The zero-order chi connectivity index (χ0) is 27.8. The molecule has 202 valence electrons. The third-order valence-corrected chi connectivity index (χ3v) is 9.23. The molecule has 40 heavy (non-hydrogen) atoms.